The molecule has 3 aromatic rings. The van der Waals surface area contributed by atoms with Crippen LogP contribution in [0.1, 0.15) is 11.1 Å². The maximum atomic E-state index is 11.9. The maximum Gasteiger partial charge on any atom is 0.258 e. The number of benzene rings is 1. The van der Waals surface area contributed by atoms with Crippen LogP contribution in [0.3, 0.4) is 0 Å². The summed E-state index contributed by atoms with van der Waals surface area (Å²) in [6, 6.07) is 13.7. The highest BCUT2D eigenvalue weighted by atomic mass is 32.1. The Morgan fingerprint density at radius 1 is 1.21 bits per heavy atom. The molecule has 1 N–H and O–H groups in total. The number of aryl methyl sites for hydroxylation is 1. The van der Waals surface area contributed by atoms with Gasteiger partial charge in [0.05, 0.1) is 0 Å². The van der Waals surface area contributed by atoms with Crippen LogP contribution in [0.4, 0.5) is 0 Å². The van der Waals surface area contributed by atoms with Crippen LogP contribution in [0, 0.1) is 6.92 Å². The van der Waals surface area contributed by atoms with Crippen molar-refractivity contribution in [2.75, 3.05) is 6.61 Å². The average Bonchev–Trinajstić information content (AvgIpc) is 3.14. The zero-order chi connectivity index (χ0) is 16.8. The van der Waals surface area contributed by atoms with Crippen LogP contribution in [-0.2, 0) is 11.3 Å². The van der Waals surface area contributed by atoms with Gasteiger partial charge in [0.15, 0.2) is 6.61 Å². The van der Waals surface area contributed by atoms with Crippen molar-refractivity contribution in [3.63, 3.8) is 0 Å². The van der Waals surface area contributed by atoms with E-state index in [9.17, 15) is 4.79 Å². The van der Waals surface area contributed by atoms with E-state index in [1.807, 2.05) is 54.9 Å². The van der Waals surface area contributed by atoms with Crippen molar-refractivity contribution in [3.05, 3.63) is 71.4 Å². The predicted octanol–water partition coefficient (Wildman–Crippen LogP) is 3.81. The lowest BCUT2D eigenvalue weighted by Gasteiger charge is -2.08. The van der Waals surface area contributed by atoms with E-state index < -0.39 is 0 Å². The van der Waals surface area contributed by atoms with Crippen LogP contribution in [-0.4, -0.2) is 17.5 Å². The summed E-state index contributed by atoms with van der Waals surface area (Å²) in [6.45, 7) is 2.44. The number of carbonyl (C=O) groups is 1. The Bertz CT molecular complexity index is 798. The van der Waals surface area contributed by atoms with E-state index in [1.54, 1.807) is 17.5 Å². The number of ether oxygens (including phenoxy) is 1. The molecule has 3 rings (SSSR count). The van der Waals surface area contributed by atoms with E-state index in [2.05, 4.69) is 16.4 Å². The molecule has 0 aliphatic carbocycles. The highest BCUT2D eigenvalue weighted by Gasteiger charge is 2.05. The fourth-order valence-corrected chi connectivity index (χ4v) is 2.91. The lowest BCUT2D eigenvalue weighted by molar-refractivity contribution is -0.123. The number of carbonyl (C=O) groups excluding carboxylic acids is 1. The molecule has 0 unspecified atom stereocenters. The molecule has 2 aromatic heterocycles. The number of nitrogens with zero attached hydrogens (tertiary/aromatic N) is 1. The first kappa shape index (κ1) is 16.2. The summed E-state index contributed by atoms with van der Waals surface area (Å²) >= 11 is 1.67. The van der Waals surface area contributed by atoms with Crippen molar-refractivity contribution in [3.8, 4) is 16.2 Å². The molecule has 1 amide bonds. The summed E-state index contributed by atoms with van der Waals surface area (Å²) < 4.78 is 5.47. The molecule has 0 atom stereocenters. The molecule has 122 valence electrons. The number of hydrogen-bond donors (Lipinski definition) is 1. The van der Waals surface area contributed by atoms with Gasteiger partial charge < -0.3 is 10.1 Å². The molecule has 2 heterocycles. The number of amides is 1. The van der Waals surface area contributed by atoms with Crippen LogP contribution < -0.4 is 10.1 Å². The van der Waals surface area contributed by atoms with Crippen LogP contribution >= 0.6 is 11.3 Å². The zero-order valence-corrected chi connectivity index (χ0v) is 14.2. The summed E-state index contributed by atoms with van der Waals surface area (Å²) in [6.07, 6.45) is 3.59. The Balaban J connectivity index is 1.51. The van der Waals surface area contributed by atoms with Gasteiger partial charge in [-0.05, 0) is 42.1 Å². The van der Waals surface area contributed by atoms with Crippen molar-refractivity contribution in [1.29, 1.82) is 0 Å². The van der Waals surface area contributed by atoms with Gasteiger partial charge in [-0.15, -0.1) is 11.3 Å². The molecule has 0 spiro atoms. The fraction of sp³-hybridized carbons (Fsp3) is 0.158. The van der Waals surface area contributed by atoms with Crippen LogP contribution in [0.25, 0.3) is 10.4 Å². The van der Waals surface area contributed by atoms with Crippen LogP contribution in [0.5, 0.6) is 5.75 Å². The minimum Gasteiger partial charge on any atom is -0.484 e. The maximum absolute atomic E-state index is 11.9. The first-order valence-corrected chi connectivity index (χ1v) is 8.52. The molecule has 0 aliphatic heterocycles. The van der Waals surface area contributed by atoms with Gasteiger partial charge in [0.25, 0.3) is 5.91 Å². The largest absolute Gasteiger partial charge is 0.484 e. The van der Waals surface area contributed by atoms with Gasteiger partial charge in [0, 0.05) is 29.4 Å². The second-order valence-corrected chi connectivity index (χ2v) is 6.39. The molecule has 4 nitrogen and oxygen atoms in total. The smallest absolute Gasteiger partial charge is 0.258 e. The Kier molecular flexibility index (Phi) is 5.23. The lowest BCUT2D eigenvalue weighted by Crippen LogP contribution is -2.28. The lowest BCUT2D eigenvalue weighted by atomic mass is 10.2. The third kappa shape index (κ3) is 4.43. The monoisotopic (exact) mass is 338 g/mol. The number of nitrogens with one attached hydrogen (secondary N) is 1. The van der Waals surface area contributed by atoms with Gasteiger partial charge in [-0.25, -0.2) is 0 Å². The predicted molar refractivity (Wildman–Crippen MR) is 96.1 cm³/mol. The molecule has 1 aromatic carbocycles. The standard InChI is InChI=1S/C19H18N2O2S/c1-14-4-6-17(7-5-14)23-13-19(22)21-11-15-9-16(12-20-10-15)18-3-2-8-24-18/h2-10,12H,11,13H2,1H3,(H,21,22). The van der Waals surface area contributed by atoms with Gasteiger partial charge in [-0.1, -0.05) is 23.8 Å². The molecule has 0 saturated heterocycles. The van der Waals surface area contributed by atoms with Gasteiger partial charge in [-0.2, -0.15) is 0 Å². The number of pyridine rings is 1. The molecule has 0 fully saturated rings. The van der Waals surface area contributed by atoms with Gasteiger partial charge >= 0.3 is 0 Å². The summed E-state index contributed by atoms with van der Waals surface area (Å²) in [5.74, 6) is 0.536. The van der Waals surface area contributed by atoms with Gasteiger partial charge in [0.2, 0.25) is 0 Å². The highest BCUT2D eigenvalue weighted by Crippen LogP contribution is 2.24. The number of rotatable bonds is 6. The van der Waals surface area contributed by atoms with Crippen LogP contribution in [0.2, 0.25) is 0 Å². The van der Waals surface area contributed by atoms with Crippen molar-refractivity contribution >= 4 is 17.2 Å². The Hall–Kier alpha value is -2.66. The number of aromatic nitrogens is 1. The van der Waals surface area contributed by atoms with Gasteiger partial charge in [-0.3, -0.25) is 9.78 Å². The van der Waals surface area contributed by atoms with E-state index >= 15 is 0 Å². The highest BCUT2D eigenvalue weighted by molar-refractivity contribution is 7.13. The quantitative estimate of drug-likeness (QED) is 0.743. The fourth-order valence-electron chi connectivity index (χ4n) is 2.20. The summed E-state index contributed by atoms with van der Waals surface area (Å²) in [7, 11) is 0. The Labute approximate surface area is 145 Å². The molecular weight excluding hydrogens is 320 g/mol. The molecule has 0 radical (unpaired) electrons. The normalized spacial score (nSPS) is 10.4. The SMILES string of the molecule is Cc1ccc(OCC(=O)NCc2cncc(-c3cccs3)c2)cc1. The summed E-state index contributed by atoms with van der Waals surface area (Å²) in [5.41, 5.74) is 3.18. The van der Waals surface area contributed by atoms with Crippen molar-refractivity contribution in [2.45, 2.75) is 13.5 Å². The van der Waals surface area contributed by atoms with Crippen molar-refractivity contribution < 1.29 is 9.53 Å². The van der Waals surface area contributed by atoms with E-state index in [1.165, 1.54) is 4.88 Å². The molecular formula is C19H18N2O2S. The third-order valence-electron chi connectivity index (χ3n) is 3.48. The van der Waals surface area contributed by atoms with E-state index in [0.717, 1.165) is 16.7 Å². The van der Waals surface area contributed by atoms with E-state index in [0.29, 0.717) is 12.3 Å². The van der Waals surface area contributed by atoms with E-state index in [4.69, 9.17) is 4.74 Å². The third-order valence-corrected chi connectivity index (χ3v) is 4.40. The number of hydrogen-bond acceptors (Lipinski definition) is 4. The van der Waals surface area contributed by atoms with Crippen LogP contribution in [0.15, 0.2) is 60.2 Å². The average molecular weight is 338 g/mol. The zero-order valence-electron chi connectivity index (χ0n) is 13.4. The number of thiophene rings is 1. The van der Waals surface area contributed by atoms with E-state index in [-0.39, 0.29) is 12.5 Å². The topological polar surface area (TPSA) is 51.2 Å². The second-order valence-electron chi connectivity index (χ2n) is 5.44. The summed E-state index contributed by atoms with van der Waals surface area (Å²) in [4.78, 5) is 17.3. The second kappa shape index (κ2) is 7.75. The minimum atomic E-state index is -0.155. The summed E-state index contributed by atoms with van der Waals surface area (Å²) in [5, 5.41) is 4.89. The Morgan fingerprint density at radius 2 is 2.04 bits per heavy atom. The molecule has 0 saturated carbocycles. The van der Waals surface area contributed by atoms with Crippen molar-refractivity contribution in [1.82, 2.24) is 10.3 Å². The Morgan fingerprint density at radius 3 is 2.79 bits per heavy atom. The minimum absolute atomic E-state index is 0.00110. The molecule has 5 heteroatoms. The molecule has 24 heavy (non-hydrogen) atoms. The molecule has 0 aliphatic rings. The van der Waals surface area contributed by atoms with Gasteiger partial charge in [0.1, 0.15) is 5.75 Å². The molecule has 0 bridgehead atoms. The van der Waals surface area contributed by atoms with Crippen molar-refractivity contribution in [2.24, 2.45) is 0 Å². The first-order valence-electron chi connectivity index (χ1n) is 7.65. The first-order chi connectivity index (χ1) is 11.7.